The van der Waals surface area contributed by atoms with Gasteiger partial charge in [0.2, 0.25) is 0 Å². The van der Waals surface area contributed by atoms with Gasteiger partial charge in [0.15, 0.2) is 0 Å². The first-order valence-corrected chi connectivity index (χ1v) is 23.9. The third kappa shape index (κ3) is 5.02. The van der Waals surface area contributed by atoms with Crippen LogP contribution < -0.4 is 25.5 Å². The highest BCUT2D eigenvalue weighted by Gasteiger charge is 2.57. The topological polar surface area (TPSA) is 6.48 Å². The molecule has 9 aromatic carbocycles. The van der Waals surface area contributed by atoms with Crippen LogP contribution >= 0.6 is 11.3 Å². The van der Waals surface area contributed by atoms with Crippen LogP contribution in [-0.2, 0) is 5.41 Å². The quantitative estimate of drug-likeness (QED) is 0.163. The van der Waals surface area contributed by atoms with Crippen molar-refractivity contribution in [3.8, 4) is 44.5 Å². The molecular weight excluding hydrogens is 816 g/mol. The molecule has 4 aliphatic rings. The van der Waals surface area contributed by atoms with Crippen molar-refractivity contribution in [3.63, 3.8) is 0 Å². The number of anilines is 6. The normalized spacial score (nSPS) is 14.0. The maximum atomic E-state index is 2.64. The van der Waals surface area contributed by atoms with Gasteiger partial charge in [-0.05, 0) is 135 Å². The molecule has 10 aromatic rings. The van der Waals surface area contributed by atoms with Crippen molar-refractivity contribution in [3.05, 3.63) is 245 Å². The standard InChI is InChI=1S/C62H43BN2S/c1-38-26-30-44(31-27-38)65-56-36-40(3)35-55-58(56)63(53-33-29-42(37-54(53)64(55)43-18-8-5-9-19-43)46-21-11-10-20-45(46)41-16-6-4-7-17-41)61-59(65)57-49-32-28-39(2)34-52(49)62(60(57)66-61)50-24-14-12-22-47(50)48-23-13-15-25-51(48)62/h4-37H,1-3H3. The second kappa shape index (κ2) is 13.9. The van der Waals surface area contributed by atoms with Gasteiger partial charge in [0.25, 0.3) is 6.71 Å². The highest BCUT2D eigenvalue weighted by Crippen LogP contribution is 2.67. The third-order valence-electron chi connectivity index (χ3n) is 14.8. The number of hydrogen-bond acceptors (Lipinski definition) is 3. The highest BCUT2D eigenvalue weighted by molar-refractivity contribution is 7.30. The molecule has 0 bridgehead atoms. The van der Waals surface area contributed by atoms with E-state index in [1.807, 2.05) is 0 Å². The summed E-state index contributed by atoms with van der Waals surface area (Å²) in [5, 5.41) is 0. The monoisotopic (exact) mass is 858 g/mol. The number of fused-ring (bicyclic) bond motifs is 15. The van der Waals surface area contributed by atoms with Crippen LogP contribution in [0.2, 0.25) is 0 Å². The molecule has 4 heteroatoms. The molecule has 3 heterocycles. The van der Waals surface area contributed by atoms with Crippen LogP contribution in [0.4, 0.5) is 34.1 Å². The highest BCUT2D eigenvalue weighted by atomic mass is 32.1. The van der Waals surface area contributed by atoms with E-state index < -0.39 is 5.41 Å². The van der Waals surface area contributed by atoms with Gasteiger partial charge in [-0.25, -0.2) is 0 Å². The Bertz CT molecular complexity index is 3600. The summed E-state index contributed by atoms with van der Waals surface area (Å²) in [7, 11) is 0. The third-order valence-corrected chi connectivity index (χ3v) is 16.2. The minimum atomic E-state index is -0.450. The van der Waals surface area contributed by atoms with Crippen molar-refractivity contribution in [2.75, 3.05) is 9.80 Å². The van der Waals surface area contributed by atoms with Crippen molar-refractivity contribution in [1.82, 2.24) is 0 Å². The van der Waals surface area contributed by atoms with E-state index in [1.165, 1.54) is 127 Å². The fourth-order valence-electron chi connectivity index (χ4n) is 12.1. The van der Waals surface area contributed by atoms with E-state index in [-0.39, 0.29) is 6.71 Å². The molecule has 0 unspecified atom stereocenters. The summed E-state index contributed by atoms with van der Waals surface area (Å²) >= 11 is 2.06. The molecule has 0 atom stereocenters. The van der Waals surface area contributed by atoms with Gasteiger partial charge in [0, 0.05) is 43.7 Å². The molecule has 0 saturated heterocycles. The van der Waals surface area contributed by atoms with Crippen LogP contribution in [0.25, 0.3) is 44.5 Å². The Morgan fingerprint density at radius 2 is 0.985 bits per heavy atom. The molecule has 310 valence electrons. The van der Waals surface area contributed by atoms with Gasteiger partial charge in [-0.2, -0.15) is 0 Å². The van der Waals surface area contributed by atoms with Crippen LogP contribution in [0.3, 0.4) is 0 Å². The summed E-state index contributed by atoms with van der Waals surface area (Å²) in [6.07, 6.45) is 0. The summed E-state index contributed by atoms with van der Waals surface area (Å²) in [6, 6.07) is 77.9. The van der Waals surface area contributed by atoms with E-state index in [4.69, 9.17) is 0 Å². The van der Waals surface area contributed by atoms with E-state index in [1.54, 1.807) is 0 Å². The first kappa shape index (κ1) is 37.7. The van der Waals surface area contributed by atoms with E-state index >= 15 is 0 Å². The van der Waals surface area contributed by atoms with Gasteiger partial charge >= 0.3 is 0 Å². The first-order chi connectivity index (χ1) is 32.5. The Morgan fingerprint density at radius 1 is 0.409 bits per heavy atom. The zero-order chi connectivity index (χ0) is 43.8. The summed E-state index contributed by atoms with van der Waals surface area (Å²) in [5.41, 5.74) is 27.8. The second-order valence-corrected chi connectivity index (χ2v) is 19.6. The minimum absolute atomic E-state index is 0.00545. The van der Waals surface area contributed by atoms with Crippen LogP contribution in [0.1, 0.15) is 38.3 Å². The molecule has 0 amide bonds. The lowest BCUT2D eigenvalue weighted by molar-refractivity contribution is 0.810. The molecule has 14 rings (SSSR count). The smallest absolute Gasteiger partial charge is 0.264 e. The van der Waals surface area contributed by atoms with Crippen molar-refractivity contribution in [2.24, 2.45) is 0 Å². The lowest BCUT2D eigenvalue weighted by atomic mass is 9.36. The fourth-order valence-corrected chi connectivity index (χ4v) is 13.8. The van der Waals surface area contributed by atoms with Crippen molar-refractivity contribution < 1.29 is 0 Å². The maximum Gasteiger partial charge on any atom is 0.264 e. The molecule has 0 saturated carbocycles. The molecule has 0 radical (unpaired) electrons. The molecule has 1 spiro atoms. The minimum Gasteiger partial charge on any atom is -0.311 e. The Morgan fingerprint density at radius 3 is 1.68 bits per heavy atom. The van der Waals surface area contributed by atoms with Crippen molar-refractivity contribution in [1.29, 1.82) is 0 Å². The van der Waals surface area contributed by atoms with Crippen molar-refractivity contribution in [2.45, 2.75) is 26.2 Å². The second-order valence-electron chi connectivity index (χ2n) is 18.6. The molecule has 2 aliphatic carbocycles. The summed E-state index contributed by atoms with van der Waals surface area (Å²) in [5.74, 6) is 0. The number of rotatable bonds is 4. The van der Waals surface area contributed by atoms with Crippen LogP contribution in [0.15, 0.2) is 206 Å². The SMILES string of the molecule is Cc1ccc(N2c3cc(C)cc4c3B(c3ccc(-c5ccccc5-c5ccccc5)cc3N4c3ccccc3)c3sc4c(c32)-c2ccc(C)cc2C42c3ccccc3-c3ccccc32)cc1. The average Bonchev–Trinajstić information content (AvgIpc) is 3.98. The maximum absolute atomic E-state index is 2.64. The van der Waals surface area contributed by atoms with Crippen LogP contribution in [0, 0.1) is 20.8 Å². The van der Waals surface area contributed by atoms with Gasteiger partial charge in [-0.3, -0.25) is 0 Å². The first-order valence-electron chi connectivity index (χ1n) is 23.1. The number of thiophene rings is 1. The average molecular weight is 859 g/mol. The number of benzene rings is 9. The lowest BCUT2D eigenvalue weighted by Gasteiger charge is -2.43. The van der Waals surface area contributed by atoms with Gasteiger partial charge in [0.05, 0.1) is 11.1 Å². The van der Waals surface area contributed by atoms with E-state index in [2.05, 4.69) is 248 Å². The zero-order valence-electron chi connectivity index (χ0n) is 37.0. The van der Waals surface area contributed by atoms with E-state index in [0.717, 1.165) is 5.69 Å². The van der Waals surface area contributed by atoms with Gasteiger partial charge in [-0.1, -0.05) is 175 Å². The molecule has 2 aliphatic heterocycles. The Kier molecular flexibility index (Phi) is 7.95. The molecule has 0 N–H and O–H groups in total. The number of nitrogens with zero attached hydrogens (tertiary/aromatic N) is 2. The predicted molar refractivity (Wildman–Crippen MR) is 280 cm³/mol. The van der Waals surface area contributed by atoms with E-state index in [0.29, 0.717) is 0 Å². The number of aryl methyl sites for hydroxylation is 3. The molecular formula is C62H43BN2S. The van der Waals surface area contributed by atoms with Gasteiger partial charge in [0.1, 0.15) is 0 Å². The Balaban J connectivity index is 1.11. The number of hydrogen-bond donors (Lipinski definition) is 0. The van der Waals surface area contributed by atoms with Gasteiger partial charge < -0.3 is 9.80 Å². The fraction of sp³-hybridized carbons (Fsp3) is 0.0645. The lowest BCUT2D eigenvalue weighted by Crippen LogP contribution is -2.60. The number of para-hydroxylation sites is 1. The zero-order valence-corrected chi connectivity index (χ0v) is 37.8. The summed E-state index contributed by atoms with van der Waals surface area (Å²) < 4.78 is 1.40. The van der Waals surface area contributed by atoms with Crippen LogP contribution in [-0.4, -0.2) is 6.71 Å². The van der Waals surface area contributed by atoms with Gasteiger partial charge in [-0.15, -0.1) is 11.3 Å². The molecule has 2 nitrogen and oxygen atoms in total. The Labute approximate surface area is 390 Å². The predicted octanol–water partition coefficient (Wildman–Crippen LogP) is 14.4. The van der Waals surface area contributed by atoms with Crippen LogP contribution in [0.5, 0.6) is 0 Å². The summed E-state index contributed by atoms with van der Waals surface area (Å²) in [6.45, 7) is 6.72. The molecule has 1 aromatic heterocycles. The molecule has 0 fully saturated rings. The summed E-state index contributed by atoms with van der Waals surface area (Å²) in [4.78, 5) is 6.62. The van der Waals surface area contributed by atoms with Crippen molar-refractivity contribution >= 4 is 67.9 Å². The largest absolute Gasteiger partial charge is 0.311 e. The van der Waals surface area contributed by atoms with E-state index in [9.17, 15) is 0 Å². The molecule has 66 heavy (non-hydrogen) atoms. The Hall–Kier alpha value is -7.66.